The minimum absolute atomic E-state index is 0. The summed E-state index contributed by atoms with van der Waals surface area (Å²) in [4.78, 5) is 24.3. The molecule has 2 aliphatic rings. The number of imidazole rings is 1. The number of rotatable bonds is 5. The molecular formula is C24H28ClFN6O2S. The fraction of sp³-hybridized carbons (Fsp3) is 0.458. The molecule has 11 heteroatoms. The third-order valence-electron chi connectivity index (χ3n) is 6.88. The van der Waals surface area contributed by atoms with Gasteiger partial charge in [0.1, 0.15) is 17.4 Å². The van der Waals surface area contributed by atoms with Crippen molar-refractivity contribution in [2.75, 3.05) is 20.2 Å². The first kappa shape index (κ1) is 24.0. The van der Waals surface area contributed by atoms with Crippen LogP contribution in [0.4, 0.5) is 4.39 Å². The van der Waals surface area contributed by atoms with Crippen LogP contribution in [0.1, 0.15) is 29.6 Å². The lowest BCUT2D eigenvalue weighted by atomic mass is 10.0. The lowest BCUT2D eigenvalue weighted by Gasteiger charge is -2.33. The zero-order valence-corrected chi connectivity index (χ0v) is 21.2. The van der Waals surface area contributed by atoms with Gasteiger partial charge >= 0.3 is 0 Å². The average molecular weight is 519 g/mol. The van der Waals surface area contributed by atoms with Crippen molar-refractivity contribution in [2.24, 2.45) is 18.7 Å². The predicted molar refractivity (Wildman–Crippen MR) is 137 cm³/mol. The number of methoxy groups -OCH3 is 1. The molecular weight excluding hydrogens is 491 g/mol. The molecule has 1 aliphatic carbocycles. The number of likely N-dealkylation sites (tertiary alicyclic amines) is 1. The van der Waals surface area contributed by atoms with E-state index in [1.165, 1.54) is 17.7 Å². The van der Waals surface area contributed by atoms with E-state index in [9.17, 15) is 9.18 Å². The second-order valence-electron chi connectivity index (χ2n) is 9.47. The van der Waals surface area contributed by atoms with Crippen LogP contribution in [0, 0.1) is 5.92 Å². The first-order valence-electron chi connectivity index (χ1n) is 11.6. The number of aromatic nitrogens is 4. The van der Waals surface area contributed by atoms with Crippen LogP contribution in [0.2, 0.25) is 0 Å². The third kappa shape index (κ3) is 4.17. The molecule has 1 saturated carbocycles. The highest BCUT2D eigenvalue weighted by molar-refractivity contribution is 7.16. The molecule has 8 nitrogen and oxygen atoms in total. The molecule has 35 heavy (non-hydrogen) atoms. The highest BCUT2D eigenvalue weighted by atomic mass is 35.5. The zero-order chi connectivity index (χ0) is 23.6. The fourth-order valence-corrected chi connectivity index (χ4v) is 5.75. The fourth-order valence-electron chi connectivity index (χ4n) is 5.04. The summed E-state index contributed by atoms with van der Waals surface area (Å²) in [6.45, 7) is 1.32. The van der Waals surface area contributed by atoms with Crippen molar-refractivity contribution in [3.63, 3.8) is 0 Å². The number of hydrogen-bond acceptors (Lipinski definition) is 6. The maximum Gasteiger partial charge on any atom is 0.254 e. The van der Waals surface area contributed by atoms with E-state index < -0.39 is 6.17 Å². The number of carbonyl (C=O) groups is 1. The minimum atomic E-state index is -1.11. The largest absolute Gasteiger partial charge is 0.494 e. The Bertz CT molecular complexity index is 1400. The van der Waals surface area contributed by atoms with Gasteiger partial charge in [-0.05, 0) is 43.4 Å². The van der Waals surface area contributed by atoms with Gasteiger partial charge in [-0.25, -0.2) is 14.4 Å². The SMILES string of the molecule is COc1cc(C(=O)N2C[C@H](N)C[C@@H](F)C2)cc2nc(-c3cc4scnc4n3CC3CC3)n(C)c12.Cl. The first-order chi connectivity index (χ1) is 16.4. The van der Waals surface area contributed by atoms with Gasteiger partial charge in [0.2, 0.25) is 0 Å². The van der Waals surface area contributed by atoms with Gasteiger partial charge in [0.25, 0.3) is 5.91 Å². The maximum atomic E-state index is 14.1. The Labute approximate surface area is 212 Å². The molecule has 0 bridgehead atoms. The summed E-state index contributed by atoms with van der Waals surface area (Å²) in [6.07, 6.45) is 1.65. The highest BCUT2D eigenvalue weighted by Gasteiger charge is 2.30. The van der Waals surface area contributed by atoms with Crippen LogP contribution in [0.3, 0.4) is 0 Å². The first-order valence-corrected chi connectivity index (χ1v) is 12.5. The van der Waals surface area contributed by atoms with Crippen molar-refractivity contribution in [3.8, 4) is 17.3 Å². The number of halogens is 2. The van der Waals surface area contributed by atoms with Crippen LogP contribution in [0.15, 0.2) is 23.7 Å². The van der Waals surface area contributed by atoms with Crippen LogP contribution in [-0.4, -0.2) is 62.3 Å². The van der Waals surface area contributed by atoms with Gasteiger partial charge in [0.05, 0.1) is 35.1 Å². The smallest absolute Gasteiger partial charge is 0.254 e. The standard InChI is InChI=1S/C24H27FN6O2S.ClH/c1-29-21-17(5-14(6-19(21)33-2)24(32)30-10-15(25)7-16(26)11-30)28-22(29)18-8-20-23(27-12-34-20)31(18)9-13-3-4-13;/h5-6,8,12-13,15-16H,3-4,7,9-11,26H2,1-2H3;1H/t15-,16-;/m1./s1. The van der Waals surface area contributed by atoms with E-state index in [1.807, 2.05) is 17.1 Å². The molecule has 2 fully saturated rings. The molecule has 2 N–H and O–H groups in total. The highest BCUT2D eigenvalue weighted by Crippen LogP contribution is 2.38. The molecule has 0 spiro atoms. The summed E-state index contributed by atoms with van der Waals surface area (Å²) < 4.78 is 25.2. The molecule has 6 rings (SSSR count). The number of ether oxygens (including phenoxy) is 1. The Morgan fingerprint density at radius 3 is 2.80 bits per heavy atom. The molecule has 0 radical (unpaired) electrons. The second-order valence-corrected chi connectivity index (χ2v) is 10.4. The molecule has 1 aliphatic heterocycles. The summed E-state index contributed by atoms with van der Waals surface area (Å²) in [5, 5.41) is 0. The van der Waals surface area contributed by atoms with Gasteiger partial charge < -0.3 is 24.5 Å². The summed E-state index contributed by atoms with van der Waals surface area (Å²) in [5.41, 5.74) is 11.7. The molecule has 4 heterocycles. The van der Waals surface area contributed by atoms with Crippen molar-refractivity contribution in [1.82, 2.24) is 24.0 Å². The number of piperidine rings is 1. The number of hydrogen-bond donors (Lipinski definition) is 1. The molecule has 1 amide bonds. The van der Waals surface area contributed by atoms with E-state index in [2.05, 4.69) is 15.6 Å². The van der Waals surface area contributed by atoms with E-state index in [0.29, 0.717) is 29.3 Å². The number of fused-ring (bicyclic) bond motifs is 2. The van der Waals surface area contributed by atoms with E-state index in [-0.39, 0.29) is 37.3 Å². The molecule has 186 valence electrons. The quantitative estimate of drug-likeness (QED) is 0.431. The topological polar surface area (TPSA) is 91.2 Å². The molecule has 3 aromatic heterocycles. The average Bonchev–Trinajstić information content (AvgIpc) is 3.26. The van der Waals surface area contributed by atoms with Crippen molar-refractivity contribution in [3.05, 3.63) is 29.3 Å². The molecule has 1 saturated heterocycles. The Morgan fingerprint density at radius 2 is 2.09 bits per heavy atom. The number of aryl methyl sites for hydroxylation is 1. The van der Waals surface area contributed by atoms with Crippen molar-refractivity contribution < 1.29 is 13.9 Å². The van der Waals surface area contributed by atoms with Crippen molar-refractivity contribution >= 4 is 51.0 Å². The van der Waals surface area contributed by atoms with Gasteiger partial charge in [-0.3, -0.25) is 4.79 Å². The normalized spacial score (nSPS) is 20.4. The monoisotopic (exact) mass is 518 g/mol. The van der Waals surface area contributed by atoms with Crippen molar-refractivity contribution in [2.45, 2.75) is 38.0 Å². The lowest BCUT2D eigenvalue weighted by Crippen LogP contribution is -2.50. The van der Waals surface area contributed by atoms with Gasteiger partial charge in [-0.15, -0.1) is 23.7 Å². The van der Waals surface area contributed by atoms with Gasteiger partial charge in [0.15, 0.2) is 11.5 Å². The second kappa shape index (κ2) is 9.07. The van der Waals surface area contributed by atoms with Gasteiger partial charge in [0, 0.05) is 31.7 Å². The number of alkyl halides is 1. The Hall–Kier alpha value is -2.69. The summed E-state index contributed by atoms with van der Waals surface area (Å²) in [5.74, 6) is 1.78. The van der Waals surface area contributed by atoms with Crippen LogP contribution in [0.5, 0.6) is 5.75 Å². The van der Waals surface area contributed by atoms with Crippen LogP contribution < -0.4 is 10.5 Å². The Morgan fingerprint density at radius 1 is 1.29 bits per heavy atom. The van der Waals surface area contributed by atoms with E-state index in [4.69, 9.17) is 15.5 Å². The number of nitrogens with zero attached hydrogens (tertiary/aromatic N) is 5. The number of carbonyl (C=O) groups excluding carboxylic acids is 1. The van der Waals surface area contributed by atoms with Crippen LogP contribution in [-0.2, 0) is 13.6 Å². The number of thiazole rings is 1. The van der Waals surface area contributed by atoms with E-state index >= 15 is 0 Å². The van der Waals surface area contributed by atoms with Gasteiger partial charge in [-0.1, -0.05) is 0 Å². The maximum absolute atomic E-state index is 14.1. The number of nitrogens with two attached hydrogens (primary N) is 1. The van der Waals surface area contributed by atoms with Gasteiger partial charge in [-0.2, -0.15) is 0 Å². The van der Waals surface area contributed by atoms with E-state index in [0.717, 1.165) is 33.9 Å². The third-order valence-corrected chi connectivity index (χ3v) is 7.64. The predicted octanol–water partition coefficient (Wildman–Crippen LogP) is 4.00. The van der Waals surface area contributed by atoms with Crippen molar-refractivity contribution in [1.29, 1.82) is 0 Å². The number of benzene rings is 1. The molecule has 4 aromatic rings. The lowest BCUT2D eigenvalue weighted by molar-refractivity contribution is 0.0606. The van der Waals surface area contributed by atoms with Crippen LogP contribution in [0.25, 0.3) is 32.9 Å². The molecule has 1 aromatic carbocycles. The number of amides is 1. The Balaban J connectivity index is 0.00000253. The Kier molecular flexibility index (Phi) is 6.23. The zero-order valence-electron chi connectivity index (χ0n) is 19.6. The summed E-state index contributed by atoms with van der Waals surface area (Å²) in [6, 6.07) is 5.27. The summed E-state index contributed by atoms with van der Waals surface area (Å²) >= 11 is 1.62. The molecule has 0 unspecified atom stereocenters. The molecule has 2 atom stereocenters. The minimum Gasteiger partial charge on any atom is -0.494 e. The summed E-state index contributed by atoms with van der Waals surface area (Å²) in [7, 11) is 3.54. The van der Waals surface area contributed by atoms with E-state index in [1.54, 1.807) is 30.6 Å². The van der Waals surface area contributed by atoms with Crippen LogP contribution >= 0.6 is 23.7 Å².